The van der Waals surface area contributed by atoms with Crippen molar-refractivity contribution in [2.75, 3.05) is 19.2 Å². The van der Waals surface area contributed by atoms with E-state index in [1.54, 1.807) is 0 Å². The lowest BCUT2D eigenvalue weighted by molar-refractivity contribution is -0.360. The van der Waals surface area contributed by atoms with Crippen LogP contribution in [0.25, 0.3) is 0 Å². The SMILES string of the molecule is Nc1ccn([C@@H]2O[C@H](CO)C(O)C2OOCF)c(=O)n1. The first kappa shape index (κ1) is 14.8. The van der Waals surface area contributed by atoms with Crippen LogP contribution in [0.5, 0.6) is 0 Å². The van der Waals surface area contributed by atoms with Crippen molar-refractivity contribution in [1.29, 1.82) is 0 Å². The first-order chi connectivity index (χ1) is 9.58. The number of aromatic nitrogens is 2. The second-order valence-electron chi connectivity index (χ2n) is 4.07. The van der Waals surface area contributed by atoms with Gasteiger partial charge in [0, 0.05) is 6.20 Å². The largest absolute Gasteiger partial charge is 0.394 e. The molecule has 0 saturated carbocycles. The molecule has 1 aliphatic heterocycles. The summed E-state index contributed by atoms with van der Waals surface area (Å²) >= 11 is 0. The summed E-state index contributed by atoms with van der Waals surface area (Å²) in [6.07, 6.45) is -3.35. The third kappa shape index (κ3) is 2.78. The van der Waals surface area contributed by atoms with Gasteiger partial charge in [0.05, 0.1) is 6.61 Å². The molecule has 0 aromatic carbocycles. The van der Waals surface area contributed by atoms with E-state index in [2.05, 4.69) is 14.8 Å². The van der Waals surface area contributed by atoms with Gasteiger partial charge in [0.15, 0.2) is 12.3 Å². The van der Waals surface area contributed by atoms with E-state index in [-0.39, 0.29) is 5.82 Å². The number of hydrogen-bond acceptors (Lipinski definition) is 8. The molecule has 1 saturated heterocycles. The van der Waals surface area contributed by atoms with Gasteiger partial charge >= 0.3 is 5.69 Å². The van der Waals surface area contributed by atoms with E-state index in [4.69, 9.17) is 15.6 Å². The highest BCUT2D eigenvalue weighted by Crippen LogP contribution is 2.30. The summed E-state index contributed by atoms with van der Waals surface area (Å²) in [6, 6.07) is 1.34. The number of hydrogen-bond donors (Lipinski definition) is 3. The third-order valence-electron chi connectivity index (χ3n) is 2.84. The molecule has 2 rings (SSSR count). The lowest BCUT2D eigenvalue weighted by Gasteiger charge is -2.20. The van der Waals surface area contributed by atoms with E-state index in [1.165, 1.54) is 12.3 Å². The van der Waals surface area contributed by atoms with Crippen molar-refractivity contribution >= 4 is 5.82 Å². The van der Waals surface area contributed by atoms with E-state index in [0.717, 1.165) is 4.57 Å². The number of nitrogen functional groups attached to an aromatic ring is 1. The molecular weight excluding hydrogens is 277 g/mol. The number of ether oxygens (including phenoxy) is 1. The van der Waals surface area contributed by atoms with Gasteiger partial charge < -0.3 is 20.7 Å². The van der Waals surface area contributed by atoms with Gasteiger partial charge in [0.1, 0.15) is 18.0 Å². The second-order valence-corrected chi connectivity index (χ2v) is 4.07. The van der Waals surface area contributed by atoms with Crippen molar-refractivity contribution in [3.05, 3.63) is 22.7 Å². The number of aliphatic hydroxyl groups is 2. The molecular formula is C10H14FN3O6. The van der Waals surface area contributed by atoms with E-state index < -0.39 is 43.7 Å². The first-order valence-electron chi connectivity index (χ1n) is 5.71. The van der Waals surface area contributed by atoms with E-state index >= 15 is 0 Å². The monoisotopic (exact) mass is 291 g/mol. The van der Waals surface area contributed by atoms with E-state index in [0.29, 0.717) is 0 Å². The number of halogens is 1. The third-order valence-corrected chi connectivity index (χ3v) is 2.84. The van der Waals surface area contributed by atoms with Crippen molar-refractivity contribution in [3.8, 4) is 0 Å². The predicted molar refractivity (Wildman–Crippen MR) is 61.8 cm³/mol. The van der Waals surface area contributed by atoms with Crippen LogP contribution >= 0.6 is 0 Å². The molecule has 1 aromatic heterocycles. The Kier molecular flexibility index (Phi) is 4.62. The zero-order valence-electron chi connectivity index (χ0n) is 10.3. The molecule has 1 aromatic rings. The van der Waals surface area contributed by atoms with Gasteiger partial charge in [0.2, 0.25) is 6.86 Å². The Balaban J connectivity index is 2.29. The second kappa shape index (κ2) is 6.24. The summed E-state index contributed by atoms with van der Waals surface area (Å²) < 4.78 is 18.3. The average Bonchev–Trinajstić information content (AvgIpc) is 2.73. The van der Waals surface area contributed by atoms with Crippen molar-refractivity contribution < 1.29 is 29.1 Å². The molecule has 1 aliphatic rings. The summed E-state index contributed by atoms with van der Waals surface area (Å²) in [5.74, 6) is 0.0148. The quantitative estimate of drug-likeness (QED) is 0.433. The number of nitrogens with two attached hydrogens (primary N) is 1. The fraction of sp³-hybridized carbons (Fsp3) is 0.600. The maximum absolute atomic E-state index is 12.0. The van der Waals surface area contributed by atoms with Gasteiger partial charge in [-0.25, -0.2) is 19.0 Å². The maximum Gasteiger partial charge on any atom is 0.351 e. The average molecular weight is 291 g/mol. The lowest BCUT2D eigenvalue weighted by atomic mass is 10.1. The fourth-order valence-corrected chi connectivity index (χ4v) is 1.92. The standard InChI is InChI=1S/C10H14FN3O6/c11-4-18-20-8-7(16)5(3-15)19-9(8)14-2-1-6(12)13-10(14)17/h1-2,5,7-9,15-16H,3-4H2,(H2,12,13,17)/t5-,7?,8?,9-/m1/s1. The van der Waals surface area contributed by atoms with Gasteiger partial charge in [-0.3, -0.25) is 4.57 Å². The zero-order valence-corrected chi connectivity index (χ0v) is 10.3. The summed E-state index contributed by atoms with van der Waals surface area (Å²) in [6.45, 7) is -1.75. The minimum atomic E-state index is -1.30. The molecule has 1 fully saturated rings. The Hall–Kier alpha value is -1.59. The highest BCUT2D eigenvalue weighted by atomic mass is 19.1. The number of rotatable bonds is 5. The highest BCUT2D eigenvalue weighted by molar-refractivity contribution is 5.23. The Morgan fingerprint density at radius 1 is 1.60 bits per heavy atom. The molecule has 4 atom stereocenters. The lowest BCUT2D eigenvalue weighted by Crippen LogP contribution is -2.38. The Morgan fingerprint density at radius 2 is 2.35 bits per heavy atom. The summed E-state index contributed by atoms with van der Waals surface area (Å²) in [4.78, 5) is 24.0. The van der Waals surface area contributed by atoms with Crippen LogP contribution in [0.15, 0.2) is 17.1 Å². The van der Waals surface area contributed by atoms with Crippen LogP contribution in [0.3, 0.4) is 0 Å². The predicted octanol–water partition coefficient (Wildman–Crippen LogP) is -1.68. The Labute approximate surface area is 112 Å². The molecule has 2 unspecified atom stereocenters. The summed E-state index contributed by atoms with van der Waals surface area (Å²) in [5, 5.41) is 19.0. The van der Waals surface area contributed by atoms with Gasteiger partial charge in [-0.05, 0) is 6.07 Å². The molecule has 0 spiro atoms. The molecule has 112 valence electrons. The molecule has 0 bridgehead atoms. The van der Waals surface area contributed by atoms with Crippen LogP contribution in [-0.4, -0.2) is 51.5 Å². The molecule has 0 aliphatic carbocycles. The molecule has 2 heterocycles. The van der Waals surface area contributed by atoms with Crippen molar-refractivity contribution in [2.24, 2.45) is 0 Å². The van der Waals surface area contributed by atoms with E-state index in [1.807, 2.05) is 0 Å². The van der Waals surface area contributed by atoms with Crippen LogP contribution in [0.2, 0.25) is 0 Å². The first-order valence-corrected chi connectivity index (χ1v) is 5.71. The number of anilines is 1. The topological polar surface area (TPSA) is 129 Å². The number of aliphatic hydroxyl groups excluding tert-OH is 2. The van der Waals surface area contributed by atoms with Crippen molar-refractivity contribution in [2.45, 2.75) is 24.5 Å². The van der Waals surface area contributed by atoms with Crippen LogP contribution in [0.4, 0.5) is 10.2 Å². The van der Waals surface area contributed by atoms with Gasteiger partial charge in [0.25, 0.3) is 0 Å². The molecule has 0 radical (unpaired) electrons. The molecule has 20 heavy (non-hydrogen) atoms. The molecule has 4 N–H and O–H groups in total. The smallest absolute Gasteiger partial charge is 0.351 e. The maximum atomic E-state index is 12.0. The van der Waals surface area contributed by atoms with Crippen LogP contribution < -0.4 is 11.4 Å². The van der Waals surface area contributed by atoms with Gasteiger partial charge in [-0.2, -0.15) is 4.98 Å². The molecule has 0 amide bonds. The van der Waals surface area contributed by atoms with Crippen LogP contribution in [0.1, 0.15) is 6.23 Å². The Morgan fingerprint density at radius 3 is 2.95 bits per heavy atom. The van der Waals surface area contributed by atoms with Crippen molar-refractivity contribution in [1.82, 2.24) is 9.55 Å². The number of nitrogens with zero attached hydrogens (tertiary/aromatic N) is 2. The van der Waals surface area contributed by atoms with E-state index in [9.17, 15) is 14.3 Å². The summed E-state index contributed by atoms with van der Waals surface area (Å²) in [5.41, 5.74) is 4.62. The minimum absolute atomic E-state index is 0.0148. The van der Waals surface area contributed by atoms with Crippen LogP contribution in [-0.2, 0) is 14.5 Å². The highest BCUT2D eigenvalue weighted by Gasteiger charge is 2.46. The molecule has 9 nitrogen and oxygen atoms in total. The summed E-state index contributed by atoms with van der Waals surface area (Å²) in [7, 11) is 0. The number of alkyl halides is 1. The van der Waals surface area contributed by atoms with Gasteiger partial charge in [-0.15, -0.1) is 0 Å². The van der Waals surface area contributed by atoms with Gasteiger partial charge in [-0.1, -0.05) is 0 Å². The Bertz CT molecular complexity index is 512. The molecule has 10 heteroatoms. The zero-order chi connectivity index (χ0) is 14.7. The van der Waals surface area contributed by atoms with Crippen molar-refractivity contribution in [3.63, 3.8) is 0 Å². The van der Waals surface area contributed by atoms with Crippen LogP contribution in [0, 0.1) is 0 Å². The fourth-order valence-electron chi connectivity index (χ4n) is 1.92. The normalized spacial score (nSPS) is 29.8. The minimum Gasteiger partial charge on any atom is -0.394 e.